The van der Waals surface area contributed by atoms with Gasteiger partial charge in [-0.15, -0.1) is 71.8 Å². The minimum Gasteiger partial charge on any atom is -0.304 e. The van der Waals surface area contributed by atoms with Gasteiger partial charge in [0.25, 0.3) is 0 Å². The molecule has 18 heteroatoms. The van der Waals surface area contributed by atoms with Crippen LogP contribution in [-0.2, 0) is 61.9 Å². The van der Waals surface area contributed by atoms with E-state index in [1.165, 1.54) is 33.4 Å². The molecule has 634 valence electrons. The van der Waals surface area contributed by atoms with Crippen LogP contribution < -0.4 is 0 Å². The number of hydrogen-bond donors (Lipinski definition) is 0. The molecule has 0 fully saturated rings. The van der Waals surface area contributed by atoms with Crippen molar-refractivity contribution in [3.05, 3.63) is 362 Å². The second kappa shape index (κ2) is 37.7. The fraction of sp³-hybridized carbons (Fsp3) is 0.164. The summed E-state index contributed by atoms with van der Waals surface area (Å²) in [5.41, 5.74) is 27.5. The number of aromatic nitrogens is 16. The Morgan fingerprint density at radius 3 is 0.617 bits per heavy atom. The van der Waals surface area contributed by atoms with Crippen molar-refractivity contribution in [3.63, 3.8) is 0 Å². The van der Waals surface area contributed by atoms with E-state index in [1.807, 2.05) is 135 Å². The first-order valence-corrected chi connectivity index (χ1v) is 42.3. The molecular formula is C110H94Ir2N16-2. The van der Waals surface area contributed by atoms with Gasteiger partial charge in [0.2, 0.25) is 0 Å². The van der Waals surface area contributed by atoms with Gasteiger partial charge in [-0.25, -0.2) is 69.8 Å². The van der Waals surface area contributed by atoms with E-state index < -0.39 is 0 Å². The van der Waals surface area contributed by atoms with Gasteiger partial charge in [0, 0.05) is 136 Å². The standard InChI is InChI=1S/C74H69N8.C36H25N8.2Ir/c1-71(2,3)61-27-18-47(19-28-61)53-36-54(48-20-29-62(30-21-48)72(4,5)6)39-57(38-53)66-76-43-59(44-77-66)69-80-68(52-26-35-65(75-42-52)51-16-14-13-15-17-51)81-70(82-69)60-45-78-67(79-46-60)58-40-55(49-22-31-63(32-23-49)73(7,8)9)37-56(41-58)50-24-33-64(34-25-50)74(10,11)12;1-23-8-12-26(13-9-23)32-38-19-29(20-39-32)35-42-34(28-16-17-31(37-18-28)25-6-4-3-5-7-25)43-36(44-35)30-21-40-33(41-22-30)27-14-10-24(2)11-15-27;;/h13-16,18-46H,1-12H3;3-6,8-22H,1-2H3;;/q2*-1;;. The number of aryl methyl sites for hydroxylation is 2. The monoisotopic (exact) mass is 2020 g/mol. The quantitative estimate of drug-likeness (QED) is 0.0825. The Morgan fingerprint density at radius 1 is 0.188 bits per heavy atom. The summed E-state index contributed by atoms with van der Waals surface area (Å²) in [6.07, 6.45) is 17.6. The number of nitrogens with zero attached hydrogens (tertiary/aromatic N) is 16. The van der Waals surface area contributed by atoms with Gasteiger partial charge < -0.3 is 9.97 Å². The molecule has 0 saturated carbocycles. The third-order valence-corrected chi connectivity index (χ3v) is 22.3. The number of pyridine rings is 2. The summed E-state index contributed by atoms with van der Waals surface area (Å²) >= 11 is 0. The molecule has 0 aliphatic heterocycles. The first-order valence-electron chi connectivity index (χ1n) is 42.3. The Kier molecular flexibility index (Phi) is 26.2. The van der Waals surface area contributed by atoms with Crippen LogP contribution in [0.3, 0.4) is 0 Å². The SMILES string of the molecule is CC(C)(C)c1ccc(-c2cc(-c3ccc(C(C)(C)C)cc3)cc(-c3ncc(-c4nc(-c5ccc(-c6[c-]cccc6)nc5)nc(-c5cnc(-c6cc(-c7ccc(C(C)(C)C)cc7)cc(-c7ccc(C(C)(C)C)cc7)c6)nc5)n4)cn3)c2)cc1.Cc1ccc(-c2ncc(-c3nc(-c4ccc(-c5[c-]cccc5)nc4)nc(-c4cnc(-c5ccc(C)cc5)nc4)n3)cn2)cc1.[Ir].[Ir]. The molecule has 0 N–H and O–H groups in total. The molecule has 0 amide bonds. The van der Waals surface area contributed by atoms with E-state index in [9.17, 15) is 0 Å². The fourth-order valence-corrected chi connectivity index (χ4v) is 14.6. The van der Waals surface area contributed by atoms with Gasteiger partial charge in [-0.2, -0.15) is 0 Å². The van der Waals surface area contributed by atoms with Crippen LogP contribution in [0.15, 0.2) is 317 Å². The Hall–Kier alpha value is -13.9. The van der Waals surface area contributed by atoms with Gasteiger partial charge in [0.1, 0.15) is 0 Å². The van der Waals surface area contributed by atoms with Crippen LogP contribution in [0.1, 0.15) is 116 Å². The zero-order valence-electron chi connectivity index (χ0n) is 73.8. The van der Waals surface area contributed by atoms with Gasteiger partial charge in [-0.1, -0.05) is 264 Å². The molecule has 0 aliphatic rings. The second-order valence-electron chi connectivity index (χ2n) is 35.9. The Morgan fingerprint density at radius 2 is 0.398 bits per heavy atom. The average molecular weight is 2020 g/mol. The summed E-state index contributed by atoms with van der Waals surface area (Å²) < 4.78 is 0. The molecule has 10 aromatic carbocycles. The summed E-state index contributed by atoms with van der Waals surface area (Å²) in [7, 11) is 0. The Labute approximate surface area is 775 Å². The summed E-state index contributed by atoms with van der Waals surface area (Å²) in [5.74, 6) is 4.98. The molecule has 0 bridgehead atoms. The molecule has 0 aliphatic carbocycles. The molecule has 8 aromatic heterocycles. The van der Waals surface area contributed by atoms with E-state index in [4.69, 9.17) is 54.8 Å². The molecule has 8 heterocycles. The van der Waals surface area contributed by atoms with Gasteiger partial charge in [0.15, 0.2) is 58.2 Å². The van der Waals surface area contributed by atoms with Crippen molar-refractivity contribution >= 4 is 0 Å². The molecule has 2 radical (unpaired) electrons. The van der Waals surface area contributed by atoms with Crippen molar-refractivity contribution in [2.45, 2.75) is 119 Å². The van der Waals surface area contributed by atoms with Crippen LogP contribution in [0, 0.1) is 26.0 Å². The fourth-order valence-electron chi connectivity index (χ4n) is 14.6. The normalized spacial score (nSPS) is 11.5. The number of hydrogen-bond acceptors (Lipinski definition) is 16. The smallest absolute Gasteiger partial charge is 0.167 e. The first-order chi connectivity index (χ1) is 60.7. The zero-order chi connectivity index (χ0) is 87.4. The first kappa shape index (κ1) is 89.0. The molecule has 16 nitrogen and oxygen atoms in total. The van der Waals surface area contributed by atoms with Crippen LogP contribution in [0.2, 0.25) is 0 Å². The third kappa shape index (κ3) is 20.8. The van der Waals surface area contributed by atoms with Gasteiger partial charge in [0.05, 0.1) is 22.3 Å². The predicted molar refractivity (Wildman–Crippen MR) is 507 cm³/mol. The minimum atomic E-state index is 0. The topological polar surface area (TPSA) is 206 Å². The van der Waals surface area contributed by atoms with Crippen molar-refractivity contribution < 1.29 is 40.2 Å². The minimum absolute atomic E-state index is 0. The molecule has 128 heavy (non-hydrogen) atoms. The van der Waals surface area contributed by atoms with Crippen molar-refractivity contribution in [1.82, 2.24) is 79.7 Å². The molecule has 0 atom stereocenters. The summed E-state index contributed by atoms with van der Waals surface area (Å²) in [4.78, 5) is 77.5. The molecule has 0 saturated heterocycles. The van der Waals surface area contributed by atoms with Crippen molar-refractivity contribution in [2.24, 2.45) is 0 Å². The largest absolute Gasteiger partial charge is 0.304 e. The van der Waals surface area contributed by atoms with Gasteiger partial charge in [-0.3, -0.25) is 0 Å². The molecule has 0 spiro atoms. The maximum atomic E-state index is 5.07. The van der Waals surface area contributed by atoms with E-state index in [0.29, 0.717) is 86.1 Å². The van der Waals surface area contributed by atoms with E-state index in [2.05, 4.69) is 254 Å². The van der Waals surface area contributed by atoms with E-state index in [0.717, 1.165) is 94.8 Å². The van der Waals surface area contributed by atoms with Crippen LogP contribution in [0.25, 0.3) is 181 Å². The molecule has 18 rings (SSSR count). The summed E-state index contributed by atoms with van der Waals surface area (Å²) in [6.45, 7) is 31.0. The van der Waals surface area contributed by atoms with E-state index in [-0.39, 0.29) is 61.9 Å². The van der Waals surface area contributed by atoms with Crippen molar-refractivity contribution in [3.8, 4) is 181 Å². The van der Waals surface area contributed by atoms with E-state index >= 15 is 0 Å². The van der Waals surface area contributed by atoms with Gasteiger partial charge >= 0.3 is 0 Å². The Balaban J connectivity index is 0.000000230. The van der Waals surface area contributed by atoms with Crippen LogP contribution in [0.5, 0.6) is 0 Å². The van der Waals surface area contributed by atoms with Crippen molar-refractivity contribution in [2.75, 3.05) is 0 Å². The third-order valence-electron chi connectivity index (χ3n) is 22.3. The predicted octanol–water partition coefficient (Wildman–Crippen LogP) is 25.8. The van der Waals surface area contributed by atoms with Crippen LogP contribution in [0.4, 0.5) is 0 Å². The van der Waals surface area contributed by atoms with Crippen molar-refractivity contribution in [1.29, 1.82) is 0 Å². The maximum Gasteiger partial charge on any atom is 0.167 e. The number of benzene rings is 10. The number of rotatable bonds is 16. The summed E-state index contributed by atoms with van der Waals surface area (Å²) in [6, 6.07) is 94.7. The van der Waals surface area contributed by atoms with Crippen LogP contribution >= 0.6 is 0 Å². The molecular weight excluding hydrogens is 1930 g/mol. The maximum absolute atomic E-state index is 5.07. The van der Waals surface area contributed by atoms with Crippen LogP contribution in [-0.4, -0.2) is 79.7 Å². The Bertz CT molecular complexity index is 6380. The van der Waals surface area contributed by atoms with E-state index in [1.54, 1.807) is 62.0 Å². The van der Waals surface area contributed by atoms with Gasteiger partial charge in [-0.05, 0) is 150 Å². The summed E-state index contributed by atoms with van der Waals surface area (Å²) in [5, 5.41) is 0. The molecule has 18 aromatic rings. The zero-order valence-corrected chi connectivity index (χ0v) is 78.6. The average Bonchev–Trinajstić information content (AvgIpc) is 0.785. The second-order valence-corrected chi connectivity index (χ2v) is 35.9. The molecule has 0 unspecified atom stereocenters.